The summed E-state index contributed by atoms with van der Waals surface area (Å²) in [6, 6.07) is 11.4. The van der Waals surface area contributed by atoms with Crippen LogP contribution in [0.5, 0.6) is 5.75 Å². The second-order valence-corrected chi connectivity index (χ2v) is 8.84. The second kappa shape index (κ2) is 10.1. The number of amides is 3. The Morgan fingerprint density at radius 3 is 2.77 bits per heavy atom. The molecule has 180 valence electrons. The molecular formula is C26H24ClN3O5. The Kier molecular flexibility index (Phi) is 7.02. The Labute approximate surface area is 207 Å². The number of esters is 1. The number of carbonyl (C=O) groups is 4. The number of ether oxygens (including phenoxy) is 1. The third-order valence-electron chi connectivity index (χ3n) is 5.79. The SMILES string of the molecule is C=C1CCC(N2C(=O)C=C(Nc3cccc(CCC(=O)Oc4ccc(C)c(Cl)c4)c3)C2=O)C(=O)N1. The van der Waals surface area contributed by atoms with Crippen LogP contribution in [0.3, 0.4) is 0 Å². The Hall–Kier alpha value is -3.91. The molecular weight excluding hydrogens is 470 g/mol. The van der Waals surface area contributed by atoms with E-state index in [9.17, 15) is 19.2 Å². The number of aryl methyl sites for hydroxylation is 2. The van der Waals surface area contributed by atoms with Crippen molar-refractivity contribution in [1.82, 2.24) is 10.2 Å². The number of nitrogens with zero attached hydrogens (tertiary/aromatic N) is 1. The zero-order valence-corrected chi connectivity index (χ0v) is 19.9. The molecule has 3 amide bonds. The molecule has 0 aromatic heterocycles. The number of benzene rings is 2. The van der Waals surface area contributed by atoms with Crippen molar-refractivity contribution < 1.29 is 23.9 Å². The van der Waals surface area contributed by atoms with E-state index >= 15 is 0 Å². The number of piperidine rings is 1. The van der Waals surface area contributed by atoms with Gasteiger partial charge in [-0.25, -0.2) is 0 Å². The molecule has 2 aliphatic rings. The molecule has 1 saturated heterocycles. The molecule has 2 aromatic carbocycles. The largest absolute Gasteiger partial charge is 0.426 e. The summed E-state index contributed by atoms with van der Waals surface area (Å²) < 4.78 is 5.35. The van der Waals surface area contributed by atoms with Gasteiger partial charge in [0.05, 0.1) is 0 Å². The van der Waals surface area contributed by atoms with Crippen molar-refractivity contribution in [2.24, 2.45) is 0 Å². The number of nitrogens with one attached hydrogen (secondary N) is 2. The summed E-state index contributed by atoms with van der Waals surface area (Å²) in [7, 11) is 0. The van der Waals surface area contributed by atoms with Crippen molar-refractivity contribution in [3.05, 3.63) is 82.7 Å². The first kappa shape index (κ1) is 24.2. The van der Waals surface area contributed by atoms with Crippen LogP contribution >= 0.6 is 11.6 Å². The average Bonchev–Trinajstić information content (AvgIpc) is 3.08. The Bertz CT molecular complexity index is 1270. The minimum Gasteiger partial charge on any atom is -0.426 e. The molecule has 9 heteroatoms. The summed E-state index contributed by atoms with van der Waals surface area (Å²) in [4.78, 5) is 50.8. The van der Waals surface area contributed by atoms with Crippen molar-refractivity contribution in [2.45, 2.75) is 38.6 Å². The van der Waals surface area contributed by atoms with Crippen LogP contribution < -0.4 is 15.4 Å². The van der Waals surface area contributed by atoms with Gasteiger partial charge in [-0.2, -0.15) is 0 Å². The van der Waals surface area contributed by atoms with Crippen LogP contribution in [-0.2, 0) is 25.6 Å². The molecule has 0 spiro atoms. The van der Waals surface area contributed by atoms with Gasteiger partial charge in [-0.15, -0.1) is 0 Å². The van der Waals surface area contributed by atoms with Crippen LogP contribution in [-0.4, -0.2) is 34.6 Å². The molecule has 1 unspecified atom stereocenters. The molecule has 2 aliphatic heterocycles. The molecule has 2 heterocycles. The topological polar surface area (TPSA) is 105 Å². The highest BCUT2D eigenvalue weighted by atomic mass is 35.5. The van der Waals surface area contributed by atoms with Gasteiger partial charge in [-0.05, 0) is 61.6 Å². The normalized spacial score (nSPS) is 17.8. The van der Waals surface area contributed by atoms with Crippen molar-refractivity contribution in [3.63, 3.8) is 0 Å². The highest BCUT2D eigenvalue weighted by Gasteiger charge is 2.41. The van der Waals surface area contributed by atoms with Gasteiger partial charge in [0.2, 0.25) is 5.91 Å². The predicted molar refractivity (Wildman–Crippen MR) is 130 cm³/mol. The molecule has 4 rings (SSSR count). The fourth-order valence-corrected chi connectivity index (χ4v) is 4.07. The summed E-state index contributed by atoms with van der Waals surface area (Å²) >= 11 is 6.07. The molecule has 1 fully saturated rings. The first-order valence-corrected chi connectivity index (χ1v) is 11.5. The maximum Gasteiger partial charge on any atom is 0.311 e. The smallest absolute Gasteiger partial charge is 0.311 e. The van der Waals surface area contributed by atoms with Crippen LogP contribution in [0.2, 0.25) is 5.02 Å². The third kappa shape index (κ3) is 5.60. The average molecular weight is 494 g/mol. The number of carbonyl (C=O) groups excluding carboxylic acids is 4. The van der Waals surface area contributed by atoms with Gasteiger partial charge < -0.3 is 15.4 Å². The summed E-state index contributed by atoms with van der Waals surface area (Å²) in [6.45, 7) is 5.58. The van der Waals surface area contributed by atoms with Crippen molar-refractivity contribution in [1.29, 1.82) is 0 Å². The number of anilines is 1. The van der Waals surface area contributed by atoms with E-state index in [4.69, 9.17) is 16.3 Å². The third-order valence-corrected chi connectivity index (χ3v) is 6.19. The fourth-order valence-electron chi connectivity index (χ4n) is 3.90. The fraction of sp³-hybridized carbons (Fsp3) is 0.231. The first-order valence-electron chi connectivity index (χ1n) is 11.1. The molecule has 1 atom stereocenters. The Balaban J connectivity index is 1.35. The lowest BCUT2D eigenvalue weighted by Crippen LogP contribution is -2.52. The van der Waals surface area contributed by atoms with E-state index in [2.05, 4.69) is 17.2 Å². The number of hydrogen-bond donors (Lipinski definition) is 2. The molecule has 0 bridgehead atoms. The molecule has 35 heavy (non-hydrogen) atoms. The number of rotatable bonds is 7. The lowest BCUT2D eigenvalue weighted by molar-refractivity contribution is -0.146. The molecule has 0 aliphatic carbocycles. The number of allylic oxidation sites excluding steroid dienone is 1. The van der Waals surface area contributed by atoms with Crippen LogP contribution in [0.1, 0.15) is 30.4 Å². The van der Waals surface area contributed by atoms with Crippen LogP contribution in [0, 0.1) is 6.92 Å². The minimum atomic E-state index is -0.864. The van der Waals surface area contributed by atoms with E-state index in [-0.39, 0.29) is 12.1 Å². The second-order valence-electron chi connectivity index (χ2n) is 8.43. The Morgan fingerprint density at radius 1 is 1.23 bits per heavy atom. The van der Waals surface area contributed by atoms with Crippen LogP contribution in [0.25, 0.3) is 0 Å². The predicted octanol–water partition coefficient (Wildman–Crippen LogP) is 3.64. The zero-order chi connectivity index (χ0) is 25.1. The lowest BCUT2D eigenvalue weighted by atomic mass is 10.0. The van der Waals surface area contributed by atoms with Gasteiger partial charge in [0.25, 0.3) is 11.8 Å². The number of halogens is 1. The van der Waals surface area contributed by atoms with Gasteiger partial charge in [0.15, 0.2) is 0 Å². The van der Waals surface area contributed by atoms with Gasteiger partial charge in [0, 0.05) is 28.9 Å². The van der Waals surface area contributed by atoms with Crippen LogP contribution in [0.4, 0.5) is 5.69 Å². The Morgan fingerprint density at radius 2 is 2.03 bits per heavy atom. The molecule has 0 radical (unpaired) electrons. The van der Waals surface area contributed by atoms with Crippen LogP contribution in [0.15, 0.2) is 66.5 Å². The molecule has 2 N–H and O–H groups in total. The van der Waals surface area contributed by atoms with Gasteiger partial charge in [-0.1, -0.05) is 36.4 Å². The van der Waals surface area contributed by atoms with E-state index in [1.807, 2.05) is 13.0 Å². The van der Waals surface area contributed by atoms with E-state index in [0.29, 0.717) is 41.4 Å². The summed E-state index contributed by atoms with van der Waals surface area (Å²) in [5, 5.41) is 6.08. The number of imide groups is 1. The van der Waals surface area contributed by atoms with Gasteiger partial charge in [0.1, 0.15) is 17.5 Å². The van der Waals surface area contributed by atoms with Crippen molar-refractivity contribution in [2.75, 3.05) is 5.32 Å². The van der Waals surface area contributed by atoms with E-state index in [1.54, 1.807) is 36.4 Å². The maximum atomic E-state index is 12.9. The summed E-state index contributed by atoms with van der Waals surface area (Å²) in [5.41, 5.74) is 2.97. The highest BCUT2D eigenvalue weighted by Crippen LogP contribution is 2.25. The van der Waals surface area contributed by atoms with Crippen molar-refractivity contribution >= 4 is 41.0 Å². The molecule has 8 nitrogen and oxygen atoms in total. The lowest BCUT2D eigenvalue weighted by Gasteiger charge is -2.29. The minimum absolute atomic E-state index is 0.0833. The quantitative estimate of drug-likeness (QED) is 0.346. The maximum absolute atomic E-state index is 12.9. The summed E-state index contributed by atoms with van der Waals surface area (Å²) in [5.74, 6) is -1.53. The van der Waals surface area contributed by atoms with E-state index < -0.39 is 29.7 Å². The van der Waals surface area contributed by atoms with Gasteiger partial charge in [-0.3, -0.25) is 24.1 Å². The number of hydrogen-bond acceptors (Lipinski definition) is 6. The molecule has 2 aromatic rings. The highest BCUT2D eigenvalue weighted by molar-refractivity contribution is 6.31. The van der Waals surface area contributed by atoms with Gasteiger partial charge >= 0.3 is 5.97 Å². The van der Waals surface area contributed by atoms with Crippen molar-refractivity contribution in [3.8, 4) is 5.75 Å². The standard InChI is InChI=1S/C26H24ClN3O5/c1-15-6-9-19(13-20(15)27)35-24(32)11-8-17-4-3-5-18(12-17)29-21-14-23(31)30(26(21)34)22-10-7-16(2)28-25(22)33/h3-6,9,12-14,22,29H,2,7-8,10-11H2,1H3,(H,28,33). The molecule has 0 saturated carbocycles. The van der Waals surface area contributed by atoms with E-state index in [0.717, 1.165) is 16.0 Å². The summed E-state index contributed by atoms with van der Waals surface area (Å²) in [6.07, 6.45) is 2.58. The first-order chi connectivity index (χ1) is 16.7. The van der Waals surface area contributed by atoms with E-state index in [1.165, 1.54) is 6.08 Å². The monoisotopic (exact) mass is 493 g/mol. The zero-order valence-electron chi connectivity index (χ0n) is 19.1.